The van der Waals surface area contributed by atoms with E-state index in [-0.39, 0.29) is 0 Å². The third-order valence-corrected chi connectivity index (χ3v) is 2.66. The fraction of sp³-hybridized carbons (Fsp3) is 1.00. The topological polar surface area (TPSA) is 27.0 Å². The zero-order valence-electron chi connectivity index (χ0n) is 7.47. The van der Waals surface area contributed by atoms with Crippen LogP contribution in [0.3, 0.4) is 0 Å². The van der Waals surface area contributed by atoms with E-state index < -0.39 is 0 Å². The van der Waals surface area contributed by atoms with Crippen LogP contribution in [0.15, 0.2) is 0 Å². The van der Waals surface area contributed by atoms with Crippen LogP contribution in [-0.4, -0.2) is 31.1 Å². The van der Waals surface area contributed by atoms with Crippen LogP contribution in [0, 0.1) is 0 Å². The Morgan fingerprint density at radius 3 is 2.45 bits per heavy atom. The lowest BCUT2D eigenvalue weighted by atomic mass is 9.94. The molecule has 0 aromatic rings. The van der Waals surface area contributed by atoms with Gasteiger partial charge in [-0.2, -0.15) is 0 Å². The van der Waals surface area contributed by atoms with Gasteiger partial charge in [0.05, 0.1) is 0 Å². The zero-order chi connectivity index (χ0) is 8.10. The van der Waals surface area contributed by atoms with E-state index >= 15 is 0 Å². The molecule has 0 unspecified atom stereocenters. The normalized spacial score (nSPS) is 21.0. The summed E-state index contributed by atoms with van der Waals surface area (Å²) in [4.78, 5) is 2.35. The fourth-order valence-electron chi connectivity index (χ4n) is 1.88. The summed E-state index contributed by atoms with van der Waals surface area (Å²) in [6.07, 6.45) is 6.93. The lowest BCUT2D eigenvalue weighted by Crippen LogP contribution is -2.35. The summed E-state index contributed by atoms with van der Waals surface area (Å²) in [5, 5.41) is 0. The van der Waals surface area contributed by atoms with Gasteiger partial charge in [0.1, 0.15) is 0 Å². The van der Waals surface area contributed by atoms with Crippen LogP contribution < -0.4 is 5.73 Å². The summed E-state index contributed by atoms with van der Waals surface area (Å²) in [5.41, 5.74) is 7.11. The summed E-state index contributed by atoms with van der Waals surface area (Å²) in [7, 11) is 2.16. The SMILES string of the molecule is CN(CC[NH])C1CCCCC1. The molecule has 65 valence electrons. The van der Waals surface area contributed by atoms with Gasteiger partial charge in [-0.1, -0.05) is 19.3 Å². The Kier molecular flexibility index (Phi) is 3.87. The summed E-state index contributed by atoms with van der Waals surface area (Å²) in [6, 6.07) is 0.786. The van der Waals surface area contributed by atoms with Gasteiger partial charge in [0, 0.05) is 19.1 Å². The van der Waals surface area contributed by atoms with E-state index in [2.05, 4.69) is 11.9 Å². The van der Waals surface area contributed by atoms with E-state index in [9.17, 15) is 0 Å². The second-order valence-corrected chi connectivity index (χ2v) is 3.52. The van der Waals surface area contributed by atoms with E-state index in [1.165, 1.54) is 32.1 Å². The third-order valence-electron chi connectivity index (χ3n) is 2.66. The molecule has 2 heteroatoms. The van der Waals surface area contributed by atoms with E-state index in [0.717, 1.165) is 12.6 Å². The molecule has 1 saturated carbocycles. The zero-order valence-corrected chi connectivity index (χ0v) is 7.47. The van der Waals surface area contributed by atoms with E-state index in [1.54, 1.807) is 0 Å². The highest BCUT2D eigenvalue weighted by atomic mass is 15.1. The largest absolute Gasteiger partial charge is 0.302 e. The summed E-state index contributed by atoms with van der Waals surface area (Å²) in [6.45, 7) is 1.50. The predicted octanol–water partition coefficient (Wildman–Crippen LogP) is 1.53. The molecular weight excluding hydrogens is 136 g/mol. The Morgan fingerprint density at radius 1 is 1.27 bits per heavy atom. The molecule has 1 N–H and O–H groups in total. The van der Waals surface area contributed by atoms with Crippen molar-refractivity contribution in [1.82, 2.24) is 10.6 Å². The maximum absolute atomic E-state index is 7.11. The molecule has 0 aromatic carbocycles. The minimum absolute atomic E-state index is 0.549. The smallest absolute Gasteiger partial charge is 0.0228 e. The maximum Gasteiger partial charge on any atom is 0.0228 e. The molecular formula is C9H19N2. The fourth-order valence-corrected chi connectivity index (χ4v) is 1.88. The van der Waals surface area contributed by atoms with Crippen LogP contribution in [-0.2, 0) is 0 Å². The van der Waals surface area contributed by atoms with Gasteiger partial charge >= 0.3 is 0 Å². The molecule has 11 heavy (non-hydrogen) atoms. The molecule has 1 radical (unpaired) electrons. The molecule has 0 amide bonds. The molecule has 0 aliphatic heterocycles. The summed E-state index contributed by atoms with van der Waals surface area (Å²) < 4.78 is 0. The van der Waals surface area contributed by atoms with Crippen molar-refractivity contribution in [2.75, 3.05) is 20.1 Å². The molecule has 2 nitrogen and oxygen atoms in total. The first-order valence-corrected chi connectivity index (χ1v) is 4.69. The molecule has 1 rings (SSSR count). The number of nitrogens with zero attached hydrogens (tertiary/aromatic N) is 1. The lowest BCUT2D eigenvalue weighted by Gasteiger charge is -2.30. The predicted molar refractivity (Wildman–Crippen MR) is 47.5 cm³/mol. The van der Waals surface area contributed by atoms with E-state index in [4.69, 9.17) is 5.73 Å². The minimum Gasteiger partial charge on any atom is -0.302 e. The van der Waals surface area contributed by atoms with Crippen molar-refractivity contribution in [3.8, 4) is 0 Å². The third kappa shape index (κ3) is 2.80. The molecule has 0 atom stereocenters. The van der Waals surface area contributed by atoms with Crippen molar-refractivity contribution in [3.63, 3.8) is 0 Å². The van der Waals surface area contributed by atoms with E-state index in [0.29, 0.717) is 6.54 Å². The molecule has 1 fully saturated rings. The Morgan fingerprint density at radius 2 is 1.91 bits per heavy atom. The summed E-state index contributed by atoms with van der Waals surface area (Å²) in [5.74, 6) is 0. The number of nitrogens with one attached hydrogen (secondary N) is 1. The van der Waals surface area contributed by atoms with Gasteiger partial charge in [0.25, 0.3) is 0 Å². The molecule has 0 spiro atoms. The van der Waals surface area contributed by atoms with Gasteiger partial charge in [-0.15, -0.1) is 0 Å². The van der Waals surface area contributed by atoms with Crippen LogP contribution in [0.1, 0.15) is 32.1 Å². The van der Waals surface area contributed by atoms with Crippen LogP contribution >= 0.6 is 0 Å². The van der Waals surface area contributed by atoms with Crippen molar-refractivity contribution < 1.29 is 0 Å². The Labute approximate surface area is 69.8 Å². The molecule has 1 aliphatic carbocycles. The second kappa shape index (κ2) is 4.73. The second-order valence-electron chi connectivity index (χ2n) is 3.52. The molecule has 1 aliphatic rings. The minimum atomic E-state index is 0.549. The van der Waals surface area contributed by atoms with Crippen molar-refractivity contribution in [2.24, 2.45) is 0 Å². The maximum atomic E-state index is 7.11. The first-order chi connectivity index (χ1) is 5.34. The van der Waals surface area contributed by atoms with Crippen LogP contribution in [0.5, 0.6) is 0 Å². The summed E-state index contributed by atoms with van der Waals surface area (Å²) >= 11 is 0. The average molecular weight is 155 g/mol. The highest BCUT2D eigenvalue weighted by molar-refractivity contribution is 4.73. The monoisotopic (exact) mass is 155 g/mol. The van der Waals surface area contributed by atoms with Crippen molar-refractivity contribution >= 4 is 0 Å². The molecule has 0 heterocycles. The van der Waals surface area contributed by atoms with Gasteiger partial charge in [-0.05, 0) is 19.9 Å². The average Bonchev–Trinajstić information content (AvgIpc) is 2.07. The van der Waals surface area contributed by atoms with Gasteiger partial charge in [-0.25, -0.2) is 0 Å². The van der Waals surface area contributed by atoms with Crippen molar-refractivity contribution in [1.29, 1.82) is 0 Å². The number of likely N-dealkylation sites (N-methyl/N-ethyl adjacent to an activating group) is 1. The van der Waals surface area contributed by atoms with Gasteiger partial charge < -0.3 is 4.90 Å². The number of rotatable bonds is 3. The number of hydrogen-bond acceptors (Lipinski definition) is 1. The highest BCUT2D eigenvalue weighted by Gasteiger charge is 2.16. The highest BCUT2D eigenvalue weighted by Crippen LogP contribution is 2.20. The standard InChI is InChI=1S/C9H19N2/c1-11(8-7-10)9-5-3-2-4-6-9/h9-10H,2-8H2,1H3. The first-order valence-electron chi connectivity index (χ1n) is 4.69. The number of hydrogen-bond donors (Lipinski definition) is 0. The Balaban J connectivity index is 2.21. The molecule has 0 aromatic heterocycles. The van der Waals surface area contributed by atoms with Gasteiger partial charge in [0.2, 0.25) is 0 Å². The van der Waals surface area contributed by atoms with E-state index in [1.807, 2.05) is 0 Å². The molecule has 0 bridgehead atoms. The van der Waals surface area contributed by atoms with Gasteiger partial charge in [-0.3, -0.25) is 5.73 Å². The van der Waals surface area contributed by atoms with Gasteiger partial charge in [0.15, 0.2) is 0 Å². The van der Waals surface area contributed by atoms with Crippen LogP contribution in [0.25, 0.3) is 0 Å². The van der Waals surface area contributed by atoms with Crippen molar-refractivity contribution in [2.45, 2.75) is 38.1 Å². The van der Waals surface area contributed by atoms with Crippen LogP contribution in [0.2, 0.25) is 0 Å². The molecule has 0 saturated heterocycles. The lowest BCUT2D eigenvalue weighted by molar-refractivity contribution is 0.196. The van der Waals surface area contributed by atoms with Crippen molar-refractivity contribution in [3.05, 3.63) is 0 Å². The first kappa shape index (κ1) is 9.01. The Hall–Kier alpha value is -0.0800. The van der Waals surface area contributed by atoms with Crippen LogP contribution in [0.4, 0.5) is 0 Å². The quantitative estimate of drug-likeness (QED) is 0.607. The Bertz CT molecular complexity index is 97.7.